The Balaban J connectivity index is 1.92. The van der Waals surface area contributed by atoms with Gasteiger partial charge in [-0.05, 0) is 55.3 Å². The maximum absolute atomic E-state index is 14.4. The topological polar surface area (TPSA) is 15.6 Å². The number of thioether (sulfide) groups is 1. The highest BCUT2D eigenvalue weighted by Crippen LogP contribution is 2.32. The first-order valence-corrected chi connectivity index (χ1v) is 9.50. The Morgan fingerprint density at radius 3 is 2.75 bits per heavy atom. The van der Waals surface area contributed by atoms with Gasteiger partial charge >= 0.3 is 0 Å². The third-order valence-electron chi connectivity index (χ3n) is 4.12. The zero-order valence-corrected chi connectivity index (χ0v) is 15.1. The number of rotatable bonds is 5. The smallest absolute Gasteiger partial charge is 0.149 e. The van der Waals surface area contributed by atoms with Crippen molar-refractivity contribution in [1.82, 2.24) is 0 Å². The molecular formula is C20H23FN2S. The van der Waals surface area contributed by atoms with Gasteiger partial charge in [-0.2, -0.15) is 0 Å². The Morgan fingerprint density at radius 2 is 2.00 bits per heavy atom. The summed E-state index contributed by atoms with van der Waals surface area (Å²) in [6.45, 7) is 5.06. The molecule has 1 heterocycles. The van der Waals surface area contributed by atoms with Gasteiger partial charge in [-0.25, -0.2) is 9.38 Å². The molecule has 2 aromatic rings. The summed E-state index contributed by atoms with van der Waals surface area (Å²) in [4.78, 5) is 8.00. The number of amidine groups is 1. The number of aryl methyl sites for hydroxylation is 1. The van der Waals surface area contributed by atoms with E-state index in [9.17, 15) is 4.39 Å². The van der Waals surface area contributed by atoms with E-state index in [0.29, 0.717) is 5.69 Å². The van der Waals surface area contributed by atoms with Gasteiger partial charge in [0.05, 0.1) is 0 Å². The van der Waals surface area contributed by atoms with Crippen LogP contribution < -0.4 is 4.90 Å². The van der Waals surface area contributed by atoms with Crippen molar-refractivity contribution < 1.29 is 4.39 Å². The molecule has 1 fully saturated rings. The Hall–Kier alpha value is -1.81. The molecule has 2 nitrogen and oxygen atoms in total. The molecule has 1 saturated heterocycles. The van der Waals surface area contributed by atoms with Gasteiger partial charge in [-0.1, -0.05) is 25.1 Å². The van der Waals surface area contributed by atoms with Gasteiger partial charge in [-0.3, -0.25) is 0 Å². The molecule has 0 bridgehead atoms. The SMILES string of the molecule is CCCSc1cc(N=C2CCCN2c2ccccc2)c(F)cc1C. The average Bonchev–Trinajstić information content (AvgIpc) is 3.05. The molecule has 0 aromatic heterocycles. The largest absolute Gasteiger partial charge is 0.330 e. The molecular weight excluding hydrogens is 319 g/mol. The van der Waals surface area contributed by atoms with Crippen molar-refractivity contribution in [2.24, 2.45) is 4.99 Å². The lowest BCUT2D eigenvalue weighted by molar-refractivity contribution is 0.627. The molecule has 0 atom stereocenters. The summed E-state index contributed by atoms with van der Waals surface area (Å²) in [5.74, 6) is 1.76. The molecule has 2 aromatic carbocycles. The minimum absolute atomic E-state index is 0.235. The molecule has 4 heteroatoms. The molecule has 24 heavy (non-hydrogen) atoms. The first kappa shape index (κ1) is 17.0. The van der Waals surface area contributed by atoms with Crippen LogP contribution in [0.3, 0.4) is 0 Å². The van der Waals surface area contributed by atoms with Crippen LogP contribution in [0.25, 0.3) is 0 Å². The summed E-state index contributed by atoms with van der Waals surface area (Å²) in [6, 6.07) is 13.7. The Labute approximate surface area is 147 Å². The van der Waals surface area contributed by atoms with Gasteiger partial charge in [0.25, 0.3) is 0 Å². The molecule has 0 aliphatic carbocycles. The van der Waals surface area contributed by atoms with Gasteiger partial charge in [0, 0.05) is 23.5 Å². The third kappa shape index (κ3) is 3.81. The number of hydrogen-bond donors (Lipinski definition) is 0. The van der Waals surface area contributed by atoms with Crippen molar-refractivity contribution in [2.75, 3.05) is 17.2 Å². The quantitative estimate of drug-likeness (QED) is 0.622. The summed E-state index contributed by atoms with van der Waals surface area (Å²) in [5.41, 5.74) is 2.57. The molecule has 0 saturated carbocycles. The summed E-state index contributed by atoms with van der Waals surface area (Å²) < 4.78 is 14.4. The summed E-state index contributed by atoms with van der Waals surface area (Å²) >= 11 is 1.78. The van der Waals surface area contributed by atoms with Crippen LogP contribution in [0.2, 0.25) is 0 Å². The van der Waals surface area contributed by atoms with E-state index in [2.05, 4.69) is 28.9 Å². The lowest BCUT2D eigenvalue weighted by Gasteiger charge is -2.19. The van der Waals surface area contributed by atoms with Crippen LogP contribution in [0.1, 0.15) is 31.7 Å². The number of hydrogen-bond acceptors (Lipinski definition) is 2. The number of anilines is 1. The van der Waals surface area contributed by atoms with E-state index in [-0.39, 0.29) is 5.82 Å². The fourth-order valence-corrected chi connectivity index (χ4v) is 3.80. The van der Waals surface area contributed by atoms with E-state index >= 15 is 0 Å². The molecule has 1 aliphatic rings. The van der Waals surface area contributed by atoms with E-state index in [4.69, 9.17) is 0 Å². The second kappa shape index (κ2) is 7.84. The molecule has 3 rings (SSSR count). The lowest BCUT2D eigenvalue weighted by Crippen LogP contribution is -2.23. The maximum atomic E-state index is 14.4. The molecule has 0 amide bonds. The van der Waals surface area contributed by atoms with Gasteiger partial charge in [-0.15, -0.1) is 11.8 Å². The second-order valence-corrected chi connectivity index (χ2v) is 7.17. The van der Waals surface area contributed by atoms with E-state index < -0.39 is 0 Å². The van der Waals surface area contributed by atoms with E-state index in [1.54, 1.807) is 17.8 Å². The van der Waals surface area contributed by atoms with Crippen LogP contribution in [0.5, 0.6) is 0 Å². The van der Waals surface area contributed by atoms with Gasteiger partial charge in [0.1, 0.15) is 17.3 Å². The monoisotopic (exact) mass is 342 g/mol. The zero-order chi connectivity index (χ0) is 16.9. The van der Waals surface area contributed by atoms with Crippen molar-refractivity contribution in [1.29, 1.82) is 0 Å². The van der Waals surface area contributed by atoms with Crippen molar-refractivity contribution in [3.63, 3.8) is 0 Å². The predicted octanol–water partition coefficient (Wildman–Crippen LogP) is 5.97. The fraction of sp³-hybridized carbons (Fsp3) is 0.350. The van der Waals surface area contributed by atoms with Crippen LogP contribution in [0, 0.1) is 12.7 Å². The lowest BCUT2D eigenvalue weighted by atomic mass is 10.2. The second-order valence-electron chi connectivity index (χ2n) is 6.04. The summed E-state index contributed by atoms with van der Waals surface area (Å²) in [6.07, 6.45) is 3.05. The molecule has 0 N–H and O–H groups in total. The highest BCUT2D eigenvalue weighted by atomic mass is 32.2. The Morgan fingerprint density at radius 1 is 1.21 bits per heavy atom. The molecule has 1 aliphatic heterocycles. The summed E-state index contributed by atoms with van der Waals surface area (Å²) in [5, 5.41) is 0. The Bertz CT molecular complexity index is 728. The van der Waals surface area contributed by atoms with Crippen LogP contribution >= 0.6 is 11.8 Å². The van der Waals surface area contributed by atoms with E-state index in [1.165, 1.54) is 0 Å². The van der Waals surface area contributed by atoms with Crippen molar-refractivity contribution in [3.8, 4) is 0 Å². The van der Waals surface area contributed by atoms with Crippen molar-refractivity contribution in [3.05, 3.63) is 53.8 Å². The molecule has 0 spiro atoms. The van der Waals surface area contributed by atoms with Crippen LogP contribution in [-0.4, -0.2) is 18.1 Å². The van der Waals surface area contributed by atoms with Gasteiger partial charge in [0.2, 0.25) is 0 Å². The fourth-order valence-electron chi connectivity index (χ4n) is 2.90. The normalized spacial score (nSPS) is 16.1. The average molecular weight is 342 g/mol. The van der Waals surface area contributed by atoms with Gasteiger partial charge < -0.3 is 4.90 Å². The van der Waals surface area contributed by atoms with Crippen LogP contribution in [0.15, 0.2) is 52.4 Å². The third-order valence-corrected chi connectivity index (χ3v) is 5.48. The maximum Gasteiger partial charge on any atom is 0.149 e. The first-order valence-electron chi connectivity index (χ1n) is 8.52. The molecule has 0 unspecified atom stereocenters. The van der Waals surface area contributed by atoms with Crippen LogP contribution in [0.4, 0.5) is 15.8 Å². The highest BCUT2D eigenvalue weighted by molar-refractivity contribution is 7.99. The van der Waals surface area contributed by atoms with Gasteiger partial charge in [0.15, 0.2) is 0 Å². The number of halogens is 1. The Kier molecular flexibility index (Phi) is 5.56. The first-order chi connectivity index (χ1) is 11.7. The summed E-state index contributed by atoms with van der Waals surface area (Å²) in [7, 11) is 0. The minimum Gasteiger partial charge on any atom is -0.330 e. The van der Waals surface area contributed by atoms with E-state index in [1.807, 2.05) is 31.2 Å². The standard InChI is InChI=1S/C20H23FN2S/c1-3-12-24-19-14-18(17(21)13-15(19)2)22-20-10-7-11-23(20)16-8-5-4-6-9-16/h4-6,8-9,13-14H,3,7,10-12H2,1-2H3. The van der Waals surface area contributed by atoms with Crippen molar-refractivity contribution >= 4 is 29.0 Å². The highest BCUT2D eigenvalue weighted by Gasteiger charge is 2.20. The van der Waals surface area contributed by atoms with Crippen LogP contribution in [-0.2, 0) is 0 Å². The molecule has 126 valence electrons. The number of aliphatic imine (C=N–C) groups is 1. The number of para-hydroxylation sites is 1. The van der Waals surface area contributed by atoms with Crippen molar-refractivity contribution in [2.45, 2.75) is 38.0 Å². The minimum atomic E-state index is -0.235. The number of benzene rings is 2. The number of nitrogens with zero attached hydrogens (tertiary/aromatic N) is 2. The zero-order valence-electron chi connectivity index (χ0n) is 14.3. The molecule has 0 radical (unpaired) electrons. The van der Waals surface area contributed by atoms with E-state index in [0.717, 1.165) is 53.5 Å². The predicted molar refractivity (Wildman–Crippen MR) is 102 cm³/mol.